The van der Waals surface area contributed by atoms with Gasteiger partial charge in [-0.05, 0) is 85.7 Å². The molecule has 2 aromatic carbocycles. The molecule has 33 heavy (non-hydrogen) atoms. The fourth-order valence-corrected chi connectivity index (χ4v) is 3.49. The Morgan fingerprint density at radius 1 is 1.18 bits per heavy atom. The third-order valence-corrected chi connectivity index (χ3v) is 5.36. The van der Waals surface area contributed by atoms with Crippen LogP contribution < -0.4 is 16.3 Å². The van der Waals surface area contributed by atoms with Crippen molar-refractivity contribution in [3.8, 4) is 0 Å². The number of nitrogens with one attached hydrogen (secondary N) is 2. The van der Waals surface area contributed by atoms with E-state index in [-0.39, 0.29) is 17.8 Å². The first-order chi connectivity index (χ1) is 15.4. The van der Waals surface area contributed by atoms with Crippen LogP contribution in [0.3, 0.4) is 0 Å². The van der Waals surface area contributed by atoms with Gasteiger partial charge in [-0.3, -0.25) is 5.32 Å². The fraction of sp³-hybridized carbons (Fsp3) is 0.304. The summed E-state index contributed by atoms with van der Waals surface area (Å²) in [5.74, 6) is -1.11. The molecule has 0 aliphatic rings. The summed E-state index contributed by atoms with van der Waals surface area (Å²) >= 11 is 2.17. The number of anilines is 2. The lowest BCUT2D eigenvalue weighted by atomic mass is 10.1. The van der Waals surface area contributed by atoms with Crippen LogP contribution >= 0.6 is 22.6 Å². The van der Waals surface area contributed by atoms with Gasteiger partial charge in [0.25, 0.3) is 6.01 Å². The molecule has 0 saturated carbocycles. The molecule has 0 bridgehead atoms. The van der Waals surface area contributed by atoms with Crippen LogP contribution in [0.5, 0.6) is 0 Å². The number of aliphatic carboxylic acids is 1. The van der Waals surface area contributed by atoms with E-state index in [1.165, 1.54) is 0 Å². The van der Waals surface area contributed by atoms with Crippen molar-refractivity contribution in [3.63, 3.8) is 0 Å². The monoisotopic (exact) mass is 565 g/mol. The Balaban J connectivity index is 1.86. The van der Waals surface area contributed by atoms with Gasteiger partial charge >= 0.3 is 17.7 Å². The van der Waals surface area contributed by atoms with E-state index in [1.807, 2.05) is 24.3 Å². The standard InChI is InChI=1S/C23H24IN3O6/c1-12-15(27-22(31)33-23(2,3)4)9-10-16-18(12)20(30)32-21(25-16)26-17(19(28)29)11-13-5-7-14(24)8-6-13/h5-10,17H,11H2,1-4H3,(H,25,26)(H,27,31)(H,28,29)/t17-/m0/s1. The molecule has 1 heterocycles. The van der Waals surface area contributed by atoms with E-state index in [1.54, 1.807) is 39.8 Å². The highest BCUT2D eigenvalue weighted by atomic mass is 127. The number of aromatic nitrogens is 1. The number of halogens is 1. The molecule has 0 aliphatic heterocycles. The zero-order valence-corrected chi connectivity index (χ0v) is 20.7. The van der Waals surface area contributed by atoms with Crippen molar-refractivity contribution in [3.05, 3.63) is 61.5 Å². The maximum Gasteiger partial charge on any atom is 0.412 e. The minimum atomic E-state index is -1.11. The summed E-state index contributed by atoms with van der Waals surface area (Å²) in [6.45, 7) is 6.89. The molecule has 10 heteroatoms. The van der Waals surface area contributed by atoms with E-state index in [9.17, 15) is 19.5 Å². The molecule has 0 radical (unpaired) electrons. The van der Waals surface area contributed by atoms with Crippen LogP contribution in [0.1, 0.15) is 31.9 Å². The van der Waals surface area contributed by atoms with Gasteiger partial charge in [0.2, 0.25) is 0 Å². The summed E-state index contributed by atoms with van der Waals surface area (Å²) in [4.78, 5) is 40.8. The highest BCUT2D eigenvalue weighted by Crippen LogP contribution is 2.24. The highest BCUT2D eigenvalue weighted by molar-refractivity contribution is 14.1. The van der Waals surface area contributed by atoms with E-state index in [0.717, 1.165) is 9.13 Å². The SMILES string of the molecule is Cc1c(NC(=O)OC(C)(C)C)ccc2nc(N[C@@H](Cc3ccc(I)cc3)C(=O)O)oc(=O)c12. The first kappa shape index (κ1) is 24.5. The number of rotatable bonds is 6. The molecule has 3 aromatic rings. The Morgan fingerprint density at radius 3 is 2.45 bits per heavy atom. The summed E-state index contributed by atoms with van der Waals surface area (Å²) in [6, 6.07) is 9.34. The second-order valence-electron chi connectivity index (χ2n) is 8.43. The van der Waals surface area contributed by atoms with Crippen molar-refractivity contribution in [1.82, 2.24) is 4.98 Å². The first-order valence-electron chi connectivity index (χ1n) is 10.1. The van der Waals surface area contributed by atoms with Gasteiger partial charge in [-0.15, -0.1) is 0 Å². The lowest BCUT2D eigenvalue weighted by molar-refractivity contribution is -0.137. The van der Waals surface area contributed by atoms with Crippen LogP contribution in [0.15, 0.2) is 45.6 Å². The second kappa shape index (κ2) is 9.77. The predicted octanol–water partition coefficient (Wildman–Crippen LogP) is 4.56. The molecule has 1 aromatic heterocycles. The molecule has 174 valence electrons. The van der Waals surface area contributed by atoms with Gasteiger partial charge in [0, 0.05) is 15.7 Å². The lowest BCUT2D eigenvalue weighted by Crippen LogP contribution is -2.32. The molecule has 3 rings (SSSR count). The molecule has 0 fully saturated rings. The smallest absolute Gasteiger partial charge is 0.412 e. The van der Waals surface area contributed by atoms with Crippen molar-refractivity contribution in [2.45, 2.75) is 45.8 Å². The van der Waals surface area contributed by atoms with Crippen molar-refractivity contribution >= 4 is 57.3 Å². The molecular formula is C23H24IN3O6. The topological polar surface area (TPSA) is 131 Å². The molecule has 1 amide bonds. The summed E-state index contributed by atoms with van der Waals surface area (Å²) < 4.78 is 11.5. The summed E-state index contributed by atoms with van der Waals surface area (Å²) in [6.07, 6.45) is -0.478. The van der Waals surface area contributed by atoms with Gasteiger partial charge < -0.3 is 19.6 Å². The van der Waals surface area contributed by atoms with Crippen molar-refractivity contribution in [1.29, 1.82) is 0 Å². The predicted molar refractivity (Wildman–Crippen MR) is 133 cm³/mol. The number of carbonyl (C=O) groups is 2. The Hall–Kier alpha value is -3.15. The van der Waals surface area contributed by atoms with Crippen LogP contribution in [0.2, 0.25) is 0 Å². The Labute approximate surface area is 203 Å². The third kappa shape index (κ3) is 6.44. The molecule has 3 N–H and O–H groups in total. The number of carboxylic acids is 1. The van der Waals surface area contributed by atoms with E-state index in [4.69, 9.17) is 9.15 Å². The number of hydrogen-bond donors (Lipinski definition) is 3. The van der Waals surface area contributed by atoms with Gasteiger partial charge in [-0.2, -0.15) is 4.98 Å². The number of fused-ring (bicyclic) bond motifs is 1. The zero-order valence-electron chi connectivity index (χ0n) is 18.6. The van der Waals surface area contributed by atoms with Gasteiger partial charge in [0.1, 0.15) is 11.6 Å². The normalized spacial score (nSPS) is 12.3. The summed E-state index contributed by atoms with van der Waals surface area (Å²) in [5, 5.41) is 15.1. The molecule has 0 spiro atoms. The maximum atomic E-state index is 12.7. The molecular weight excluding hydrogens is 541 g/mol. The second-order valence-corrected chi connectivity index (χ2v) is 9.68. The maximum absolute atomic E-state index is 12.7. The number of ether oxygens (including phenoxy) is 1. The number of amides is 1. The van der Waals surface area contributed by atoms with Crippen molar-refractivity contribution in [2.24, 2.45) is 0 Å². The van der Waals surface area contributed by atoms with Gasteiger partial charge in [0.05, 0.1) is 10.9 Å². The lowest BCUT2D eigenvalue weighted by Gasteiger charge is -2.20. The van der Waals surface area contributed by atoms with Crippen LogP contribution in [0.4, 0.5) is 16.5 Å². The average Bonchev–Trinajstić information content (AvgIpc) is 2.69. The Morgan fingerprint density at radius 2 is 1.85 bits per heavy atom. The van der Waals surface area contributed by atoms with Gasteiger partial charge in [0.15, 0.2) is 0 Å². The molecule has 0 saturated heterocycles. The summed E-state index contributed by atoms with van der Waals surface area (Å²) in [7, 11) is 0. The van der Waals surface area contributed by atoms with E-state index in [0.29, 0.717) is 16.8 Å². The van der Waals surface area contributed by atoms with Crippen molar-refractivity contribution < 1.29 is 23.8 Å². The Bertz CT molecular complexity index is 1250. The number of hydrogen-bond acceptors (Lipinski definition) is 7. The van der Waals surface area contributed by atoms with Crippen LogP contribution in [0, 0.1) is 10.5 Å². The Kier molecular flexibility index (Phi) is 7.25. The zero-order chi connectivity index (χ0) is 24.3. The number of nitrogens with zero attached hydrogens (tertiary/aromatic N) is 1. The molecule has 0 unspecified atom stereocenters. The van der Waals surface area contributed by atoms with Gasteiger partial charge in [-0.25, -0.2) is 14.4 Å². The number of aryl methyl sites for hydroxylation is 1. The van der Waals surface area contributed by atoms with Crippen LogP contribution in [-0.4, -0.2) is 33.8 Å². The van der Waals surface area contributed by atoms with Crippen LogP contribution in [-0.2, 0) is 16.0 Å². The van der Waals surface area contributed by atoms with E-state index < -0.39 is 29.3 Å². The highest BCUT2D eigenvalue weighted by Gasteiger charge is 2.22. The van der Waals surface area contributed by atoms with E-state index >= 15 is 0 Å². The quantitative estimate of drug-likeness (QED) is 0.371. The fourth-order valence-electron chi connectivity index (χ4n) is 3.14. The van der Waals surface area contributed by atoms with E-state index in [2.05, 4.69) is 38.2 Å². The first-order valence-corrected chi connectivity index (χ1v) is 11.2. The minimum Gasteiger partial charge on any atom is -0.480 e. The average molecular weight is 565 g/mol. The van der Waals surface area contributed by atoms with Crippen LogP contribution in [0.25, 0.3) is 10.9 Å². The van der Waals surface area contributed by atoms with Gasteiger partial charge in [-0.1, -0.05) is 12.1 Å². The molecule has 9 nitrogen and oxygen atoms in total. The number of carbonyl (C=O) groups excluding carboxylic acids is 1. The number of carboxylic acid groups (broad SMARTS) is 1. The molecule has 0 aliphatic carbocycles. The third-order valence-electron chi connectivity index (χ3n) is 4.64. The summed E-state index contributed by atoms with van der Waals surface area (Å²) in [5.41, 5.74) is 0.584. The minimum absolute atomic E-state index is 0.174. The largest absolute Gasteiger partial charge is 0.480 e. The number of benzene rings is 2. The molecule has 1 atom stereocenters. The van der Waals surface area contributed by atoms with Crippen molar-refractivity contribution in [2.75, 3.05) is 10.6 Å².